The molecule has 104 valence electrons. The maximum absolute atomic E-state index is 12.3. The van der Waals surface area contributed by atoms with E-state index in [0.717, 1.165) is 10.2 Å². The van der Waals surface area contributed by atoms with E-state index in [0.29, 0.717) is 5.69 Å². The largest absolute Gasteiger partial charge is 0.398 e. The molecule has 19 heavy (non-hydrogen) atoms. The van der Waals surface area contributed by atoms with E-state index in [1.165, 1.54) is 0 Å². The Morgan fingerprint density at radius 3 is 2.53 bits per heavy atom. The molecule has 0 aliphatic carbocycles. The SMILES string of the molecule is CC1OC(C)C(C(=O)Nc2ccc(N)c(Br)c2)C1C. The van der Waals surface area contributed by atoms with Gasteiger partial charge in [0.25, 0.3) is 0 Å². The summed E-state index contributed by atoms with van der Waals surface area (Å²) in [5, 5.41) is 2.93. The highest BCUT2D eigenvalue weighted by atomic mass is 79.9. The van der Waals surface area contributed by atoms with Crippen LogP contribution in [0.15, 0.2) is 22.7 Å². The number of amides is 1. The van der Waals surface area contributed by atoms with Crippen LogP contribution in [0.1, 0.15) is 20.8 Å². The van der Waals surface area contributed by atoms with E-state index in [1.807, 2.05) is 19.9 Å². The van der Waals surface area contributed by atoms with Crippen LogP contribution in [0.4, 0.5) is 11.4 Å². The van der Waals surface area contributed by atoms with E-state index in [9.17, 15) is 4.79 Å². The Morgan fingerprint density at radius 2 is 2.00 bits per heavy atom. The standard InChI is InChI=1S/C14H19BrN2O2/c1-7-8(2)19-9(3)13(7)14(18)17-10-4-5-12(16)11(15)6-10/h4-9,13H,16H2,1-3H3,(H,17,18). The molecule has 1 aromatic carbocycles. The molecule has 1 heterocycles. The number of carbonyl (C=O) groups is 1. The molecule has 0 bridgehead atoms. The van der Waals surface area contributed by atoms with Crippen LogP contribution < -0.4 is 11.1 Å². The van der Waals surface area contributed by atoms with Crippen LogP contribution in [-0.4, -0.2) is 18.1 Å². The molecular formula is C14H19BrN2O2. The zero-order valence-corrected chi connectivity index (χ0v) is 12.9. The Labute approximate surface area is 121 Å². The number of anilines is 2. The predicted octanol–water partition coefficient (Wildman–Crippen LogP) is 3.03. The second-order valence-electron chi connectivity index (χ2n) is 5.16. The molecule has 4 atom stereocenters. The number of halogens is 1. The highest BCUT2D eigenvalue weighted by molar-refractivity contribution is 9.10. The van der Waals surface area contributed by atoms with Crippen molar-refractivity contribution >= 4 is 33.2 Å². The van der Waals surface area contributed by atoms with Crippen LogP contribution in [0.3, 0.4) is 0 Å². The summed E-state index contributed by atoms with van der Waals surface area (Å²) in [6.45, 7) is 6.01. The summed E-state index contributed by atoms with van der Waals surface area (Å²) in [4.78, 5) is 12.3. The van der Waals surface area contributed by atoms with E-state index in [1.54, 1.807) is 12.1 Å². The molecule has 1 aliphatic heterocycles. The van der Waals surface area contributed by atoms with Gasteiger partial charge in [0.2, 0.25) is 5.91 Å². The number of rotatable bonds is 2. The van der Waals surface area contributed by atoms with Crippen molar-refractivity contribution in [1.29, 1.82) is 0 Å². The van der Waals surface area contributed by atoms with Crippen LogP contribution >= 0.6 is 15.9 Å². The molecule has 5 heteroatoms. The van der Waals surface area contributed by atoms with Gasteiger partial charge in [-0.05, 0) is 53.9 Å². The molecule has 1 saturated heterocycles. The third-order valence-electron chi connectivity index (χ3n) is 3.81. The van der Waals surface area contributed by atoms with E-state index in [2.05, 4.69) is 28.2 Å². The summed E-state index contributed by atoms with van der Waals surface area (Å²) >= 11 is 3.35. The Hall–Kier alpha value is -1.07. The fourth-order valence-corrected chi connectivity index (χ4v) is 2.93. The fraction of sp³-hybridized carbons (Fsp3) is 0.500. The van der Waals surface area contributed by atoms with Crippen molar-refractivity contribution in [3.05, 3.63) is 22.7 Å². The number of benzene rings is 1. The number of nitrogens with two attached hydrogens (primary N) is 1. The summed E-state index contributed by atoms with van der Waals surface area (Å²) in [6, 6.07) is 5.37. The minimum absolute atomic E-state index is 0.000946. The van der Waals surface area contributed by atoms with Gasteiger partial charge in [-0.2, -0.15) is 0 Å². The average Bonchev–Trinajstić information content (AvgIpc) is 2.58. The van der Waals surface area contributed by atoms with E-state index < -0.39 is 0 Å². The van der Waals surface area contributed by atoms with Gasteiger partial charge in [-0.3, -0.25) is 4.79 Å². The van der Waals surface area contributed by atoms with Gasteiger partial charge in [0, 0.05) is 15.8 Å². The van der Waals surface area contributed by atoms with Gasteiger partial charge in [-0.15, -0.1) is 0 Å². The number of nitrogen functional groups attached to an aromatic ring is 1. The number of hydrogen-bond donors (Lipinski definition) is 2. The topological polar surface area (TPSA) is 64.3 Å². The zero-order chi connectivity index (χ0) is 14.2. The van der Waals surface area contributed by atoms with Crippen molar-refractivity contribution < 1.29 is 9.53 Å². The van der Waals surface area contributed by atoms with Crippen molar-refractivity contribution in [3.8, 4) is 0 Å². The first-order valence-electron chi connectivity index (χ1n) is 6.41. The highest BCUT2D eigenvalue weighted by Crippen LogP contribution is 2.33. The number of nitrogens with one attached hydrogen (secondary N) is 1. The molecule has 0 aromatic heterocycles. The number of hydrogen-bond acceptors (Lipinski definition) is 3. The van der Waals surface area contributed by atoms with Gasteiger partial charge in [-0.1, -0.05) is 6.92 Å². The average molecular weight is 327 g/mol. The summed E-state index contributed by atoms with van der Waals surface area (Å²) < 4.78 is 6.48. The second kappa shape index (κ2) is 5.51. The fourth-order valence-electron chi connectivity index (χ4n) is 2.55. The third-order valence-corrected chi connectivity index (χ3v) is 4.50. The van der Waals surface area contributed by atoms with E-state index >= 15 is 0 Å². The van der Waals surface area contributed by atoms with E-state index in [4.69, 9.17) is 10.5 Å². The Bertz CT molecular complexity index is 492. The van der Waals surface area contributed by atoms with Crippen molar-refractivity contribution in [1.82, 2.24) is 0 Å². The maximum Gasteiger partial charge on any atom is 0.230 e. The Balaban J connectivity index is 2.10. The molecule has 1 fully saturated rings. The molecular weight excluding hydrogens is 308 g/mol. The lowest BCUT2D eigenvalue weighted by Crippen LogP contribution is -2.31. The quantitative estimate of drug-likeness (QED) is 0.821. The monoisotopic (exact) mass is 326 g/mol. The number of carbonyl (C=O) groups excluding carboxylic acids is 1. The minimum Gasteiger partial charge on any atom is -0.398 e. The molecule has 2 rings (SSSR count). The van der Waals surface area contributed by atoms with Crippen LogP contribution in [0.25, 0.3) is 0 Å². The van der Waals surface area contributed by atoms with Crippen molar-refractivity contribution in [2.24, 2.45) is 11.8 Å². The molecule has 1 amide bonds. The second-order valence-corrected chi connectivity index (χ2v) is 6.01. The third kappa shape index (κ3) is 2.92. The molecule has 1 aliphatic rings. The Morgan fingerprint density at radius 1 is 1.32 bits per heavy atom. The molecule has 4 nitrogen and oxygen atoms in total. The van der Waals surface area contributed by atoms with Crippen molar-refractivity contribution in [2.45, 2.75) is 33.0 Å². The van der Waals surface area contributed by atoms with Crippen LogP contribution in [-0.2, 0) is 9.53 Å². The maximum atomic E-state index is 12.3. The van der Waals surface area contributed by atoms with Gasteiger partial charge in [0.1, 0.15) is 0 Å². The summed E-state index contributed by atoms with van der Waals surface area (Å²) in [6.07, 6.45) is 0.0612. The first kappa shape index (κ1) is 14.3. The first-order valence-corrected chi connectivity index (χ1v) is 7.20. The first-order chi connectivity index (χ1) is 8.90. The molecule has 1 aromatic rings. The van der Waals surface area contributed by atoms with Crippen LogP contribution in [0.2, 0.25) is 0 Å². The van der Waals surface area contributed by atoms with Gasteiger partial charge in [0.15, 0.2) is 0 Å². The normalized spacial score (nSPS) is 30.3. The molecule has 0 radical (unpaired) electrons. The van der Waals surface area contributed by atoms with Crippen LogP contribution in [0, 0.1) is 11.8 Å². The lowest BCUT2D eigenvalue weighted by Gasteiger charge is -2.18. The molecule has 0 saturated carbocycles. The molecule has 0 spiro atoms. The summed E-state index contributed by atoms with van der Waals surface area (Å²) in [5.74, 6) is 0.0968. The lowest BCUT2D eigenvalue weighted by atomic mass is 9.89. The van der Waals surface area contributed by atoms with Gasteiger partial charge >= 0.3 is 0 Å². The molecule has 4 unspecified atom stereocenters. The number of ether oxygens (including phenoxy) is 1. The van der Waals surface area contributed by atoms with Gasteiger partial charge in [0.05, 0.1) is 18.1 Å². The molecule has 3 N–H and O–H groups in total. The minimum atomic E-state index is -0.119. The van der Waals surface area contributed by atoms with Gasteiger partial charge < -0.3 is 15.8 Å². The smallest absolute Gasteiger partial charge is 0.230 e. The zero-order valence-electron chi connectivity index (χ0n) is 11.3. The lowest BCUT2D eigenvalue weighted by molar-refractivity contribution is -0.121. The van der Waals surface area contributed by atoms with E-state index in [-0.39, 0.29) is 30.0 Å². The highest BCUT2D eigenvalue weighted by Gasteiger charge is 2.41. The van der Waals surface area contributed by atoms with Crippen molar-refractivity contribution in [3.63, 3.8) is 0 Å². The summed E-state index contributed by atoms with van der Waals surface area (Å²) in [7, 11) is 0. The van der Waals surface area contributed by atoms with Gasteiger partial charge in [-0.25, -0.2) is 0 Å². The van der Waals surface area contributed by atoms with Crippen molar-refractivity contribution in [2.75, 3.05) is 11.1 Å². The summed E-state index contributed by atoms with van der Waals surface area (Å²) in [5.41, 5.74) is 7.12. The van der Waals surface area contributed by atoms with Crippen LogP contribution in [0.5, 0.6) is 0 Å². The predicted molar refractivity (Wildman–Crippen MR) is 79.8 cm³/mol. The Kier molecular flexibility index (Phi) is 4.16.